The van der Waals surface area contributed by atoms with E-state index in [-0.39, 0.29) is 11.9 Å². The molecule has 3 aromatic rings. The number of benzene rings is 2. The first kappa shape index (κ1) is 20.3. The quantitative estimate of drug-likeness (QED) is 0.640. The van der Waals surface area contributed by atoms with Crippen molar-refractivity contribution in [3.8, 4) is 16.9 Å². The highest BCUT2D eigenvalue weighted by molar-refractivity contribution is 6.00. The van der Waals surface area contributed by atoms with Gasteiger partial charge in [-0.2, -0.15) is 5.10 Å². The average molecular weight is 430 g/mol. The fourth-order valence-electron chi connectivity index (χ4n) is 4.43. The fourth-order valence-corrected chi connectivity index (χ4v) is 4.43. The molecule has 1 aromatic heterocycles. The zero-order chi connectivity index (χ0) is 21.9. The number of aromatic nitrogens is 2. The Labute approximate surface area is 187 Å². The van der Waals surface area contributed by atoms with Crippen LogP contribution in [0.3, 0.4) is 0 Å². The lowest BCUT2D eigenvalue weighted by molar-refractivity contribution is 0.0645. The number of urea groups is 1. The van der Waals surface area contributed by atoms with E-state index in [1.54, 1.807) is 4.68 Å². The molecule has 0 saturated carbocycles. The highest BCUT2D eigenvalue weighted by Gasteiger charge is 2.30. The van der Waals surface area contributed by atoms with Crippen LogP contribution in [-0.2, 0) is 0 Å². The number of likely N-dealkylation sites (tertiary alicyclic amines) is 1. The van der Waals surface area contributed by atoms with Crippen molar-refractivity contribution in [1.29, 1.82) is 0 Å². The average Bonchev–Trinajstić information content (AvgIpc) is 3.55. The normalized spacial score (nSPS) is 16.4. The van der Waals surface area contributed by atoms with Gasteiger partial charge in [0, 0.05) is 51.0 Å². The van der Waals surface area contributed by atoms with Crippen molar-refractivity contribution in [3.63, 3.8) is 0 Å². The number of carbonyl (C=O) groups is 2. The zero-order valence-corrected chi connectivity index (χ0v) is 18.1. The van der Waals surface area contributed by atoms with E-state index in [4.69, 9.17) is 5.10 Å². The van der Waals surface area contributed by atoms with Crippen molar-refractivity contribution in [2.45, 2.75) is 12.8 Å². The van der Waals surface area contributed by atoms with Crippen LogP contribution in [0.5, 0.6) is 0 Å². The van der Waals surface area contributed by atoms with Crippen molar-refractivity contribution in [2.24, 2.45) is 0 Å². The molecule has 0 atom stereocenters. The third-order valence-corrected chi connectivity index (χ3v) is 6.23. The van der Waals surface area contributed by atoms with Crippen LogP contribution in [0.25, 0.3) is 16.9 Å². The van der Waals surface area contributed by atoms with Gasteiger partial charge in [0.1, 0.15) is 5.69 Å². The largest absolute Gasteiger partial charge is 0.335 e. The Hall–Kier alpha value is -3.61. The molecule has 164 valence electrons. The monoisotopic (exact) mass is 429 g/mol. The first-order valence-corrected chi connectivity index (χ1v) is 11.2. The molecule has 0 aliphatic carbocycles. The van der Waals surface area contributed by atoms with Gasteiger partial charge in [-0.05, 0) is 25.0 Å². The second-order valence-electron chi connectivity index (χ2n) is 8.29. The van der Waals surface area contributed by atoms with Gasteiger partial charge >= 0.3 is 6.03 Å². The maximum Gasteiger partial charge on any atom is 0.320 e. The van der Waals surface area contributed by atoms with E-state index < -0.39 is 0 Å². The highest BCUT2D eigenvalue weighted by Crippen LogP contribution is 2.25. The van der Waals surface area contributed by atoms with Crippen LogP contribution in [0.4, 0.5) is 4.79 Å². The zero-order valence-electron chi connectivity index (χ0n) is 18.1. The van der Waals surface area contributed by atoms with Crippen molar-refractivity contribution < 1.29 is 9.59 Å². The summed E-state index contributed by atoms with van der Waals surface area (Å²) in [7, 11) is 0. The summed E-state index contributed by atoms with van der Waals surface area (Å²) in [5.41, 5.74) is 3.08. The van der Waals surface area contributed by atoms with Gasteiger partial charge in [0.15, 0.2) is 0 Å². The number of amides is 3. The SMILES string of the molecule is O=C(c1cn(-c2ccccc2)nc1-c1ccccc1)N1CCN(C(=O)N2CCCC2)CC1. The van der Waals surface area contributed by atoms with Gasteiger partial charge < -0.3 is 14.7 Å². The Morgan fingerprint density at radius 2 is 1.25 bits per heavy atom. The van der Waals surface area contributed by atoms with Crippen LogP contribution in [0, 0.1) is 0 Å². The minimum atomic E-state index is -0.0423. The molecular weight excluding hydrogens is 402 g/mol. The lowest BCUT2D eigenvalue weighted by Gasteiger charge is -2.36. The second-order valence-corrected chi connectivity index (χ2v) is 8.29. The van der Waals surface area contributed by atoms with Gasteiger partial charge in [0.05, 0.1) is 11.3 Å². The molecule has 32 heavy (non-hydrogen) atoms. The Morgan fingerprint density at radius 1 is 0.688 bits per heavy atom. The summed E-state index contributed by atoms with van der Waals surface area (Å²) in [5.74, 6) is -0.0423. The van der Waals surface area contributed by atoms with Crippen LogP contribution in [0.2, 0.25) is 0 Å². The molecule has 0 bridgehead atoms. The Morgan fingerprint density at radius 3 is 1.91 bits per heavy atom. The van der Waals surface area contributed by atoms with Crippen LogP contribution >= 0.6 is 0 Å². The summed E-state index contributed by atoms with van der Waals surface area (Å²) in [6.07, 6.45) is 3.98. The van der Waals surface area contributed by atoms with E-state index in [9.17, 15) is 9.59 Å². The molecule has 3 amide bonds. The molecule has 0 radical (unpaired) electrons. The molecule has 0 N–H and O–H groups in total. The molecular formula is C25H27N5O2. The van der Waals surface area contributed by atoms with Crippen molar-refractivity contribution in [1.82, 2.24) is 24.5 Å². The summed E-state index contributed by atoms with van der Waals surface area (Å²) in [6, 6.07) is 19.7. The molecule has 2 saturated heterocycles. The molecule has 2 aliphatic rings. The lowest BCUT2D eigenvalue weighted by Crippen LogP contribution is -2.53. The first-order valence-electron chi connectivity index (χ1n) is 11.2. The second kappa shape index (κ2) is 8.86. The molecule has 7 nitrogen and oxygen atoms in total. The van der Waals surface area contributed by atoms with Crippen LogP contribution in [0.1, 0.15) is 23.2 Å². The topological polar surface area (TPSA) is 61.7 Å². The van der Waals surface area contributed by atoms with E-state index in [0.29, 0.717) is 37.4 Å². The molecule has 0 spiro atoms. The third-order valence-electron chi connectivity index (χ3n) is 6.23. The predicted octanol–water partition coefficient (Wildman–Crippen LogP) is 3.51. The Kier molecular flexibility index (Phi) is 5.62. The predicted molar refractivity (Wildman–Crippen MR) is 123 cm³/mol. The van der Waals surface area contributed by atoms with Gasteiger partial charge in [-0.3, -0.25) is 4.79 Å². The van der Waals surface area contributed by atoms with Crippen molar-refractivity contribution in [2.75, 3.05) is 39.3 Å². The molecule has 7 heteroatoms. The molecule has 0 unspecified atom stereocenters. The van der Waals surface area contributed by atoms with Crippen molar-refractivity contribution >= 4 is 11.9 Å². The summed E-state index contributed by atoms with van der Waals surface area (Å²) in [4.78, 5) is 31.9. The van der Waals surface area contributed by atoms with Gasteiger partial charge in [-0.15, -0.1) is 0 Å². The van der Waals surface area contributed by atoms with Gasteiger partial charge in [-0.25, -0.2) is 9.48 Å². The summed E-state index contributed by atoms with van der Waals surface area (Å²) in [6.45, 7) is 3.88. The Bertz CT molecular complexity index is 1080. The van der Waals surface area contributed by atoms with E-state index in [0.717, 1.165) is 37.2 Å². The van der Waals surface area contributed by atoms with Crippen LogP contribution in [0.15, 0.2) is 66.9 Å². The number of para-hydroxylation sites is 1. The number of nitrogens with zero attached hydrogens (tertiary/aromatic N) is 5. The van der Waals surface area contributed by atoms with Crippen LogP contribution < -0.4 is 0 Å². The van der Waals surface area contributed by atoms with Crippen molar-refractivity contribution in [3.05, 3.63) is 72.4 Å². The summed E-state index contributed by atoms with van der Waals surface area (Å²) >= 11 is 0. The standard InChI is InChI=1S/C25H27N5O2/c31-24(27-15-17-29(18-16-27)25(32)28-13-7-8-14-28)22-19-30(21-11-5-2-6-12-21)26-23(22)20-9-3-1-4-10-20/h1-6,9-12,19H,7-8,13-18H2. The minimum Gasteiger partial charge on any atom is -0.335 e. The van der Waals surface area contributed by atoms with Crippen LogP contribution in [-0.4, -0.2) is 75.7 Å². The van der Waals surface area contributed by atoms with Gasteiger partial charge in [0.25, 0.3) is 5.91 Å². The molecule has 2 aliphatic heterocycles. The molecule has 5 rings (SSSR count). The number of rotatable bonds is 3. The van der Waals surface area contributed by atoms with E-state index >= 15 is 0 Å². The smallest absolute Gasteiger partial charge is 0.320 e. The summed E-state index contributed by atoms with van der Waals surface area (Å²) < 4.78 is 1.77. The number of hydrogen-bond acceptors (Lipinski definition) is 3. The van der Waals surface area contributed by atoms with E-state index in [2.05, 4.69) is 0 Å². The molecule has 3 heterocycles. The van der Waals surface area contributed by atoms with Gasteiger partial charge in [0.2, 0.25) is 0 Å². The molecule has 2 aromatic carbocycles. The first-order chi connectivity index (χ1) is 15.7. The highest BCUT2D eigenvalue weighted by atomic mass is 16.2. The lowest BCUT2D eigenvalue weighted by atomic mass is 10.1. The third kappa shape index (κ3) is 3.98. The fraction of sp³-hybridized carbons (Fsp3) is 0.320. The molecule has 2 fully saturated rings. The summed E-state index contributed by atoms with van der Waals surface area (Å²) in [5, 5.41) is 4.76. The number of piperazine rings is 1. The maximum atomic E-state index is 13.5. The maximum absolute atomic E-state index is 13.5. The van der Waals surface area contributed by atoms with Gasteiger partial charge in [-0.1, -0.05) is 48.5 Å². The minimum absolute atomic E-state index is 0.0423. The van der Waals surface area contributed by atoms with E-state index in [1.165, 1.54) is 0 Å². The Balaban J connectivity index is 1.37. The number of carbonyl (C=O) groups excluding carboxylic acids is 2. The number of hydrogen-bond donors (Lipinski definition) is 0. The van der Waals surface area contributed by atoms with E-state index in [1.807, 2.05) is 81.6 Å².